The van der Waals surface area contributed by atoms with E-state index in [1.165, 1.54) is 35.8 Å². The average molecular weight is 535 g/mol. The maximum Gasteiger partial charge on any atom is 0.223 e. The van der Waals surface area contributed by atoms with Gasteiger partial charge in [-0.3, -0.25) is 9.69 Å². The molecule has 0 unspecified atom stereocenters. The molecule has 0 radical (unpaired) electrons. The highest BCUT2D eigenvalue weighted by atomic mass is 79.9. The minimum absolute atomic E-state index is 0.00903. The zero-order valence-corrected chi connectivity index (χ0v) is 21.3. The highest BCUT2D eigenvalue weighted by Crippen LogP contribution is 2.23. The van der Waals surface area contributed by atoms with E-state index in [0.29, 0.717) is 32.5 Å². The van der Waals surface area contributed by atoms with Crippen LogP contribution in [0.1, 0.15) is 42.4 Å². The molecule has 8 heteroatoms. The molecule has 4 rings (SSSR count). The molecule has 1 N–H and O–H groups in total. The Balaban J connectivity index is 1.21. The SMILES string of the molecule is O=C(NCc1ccc(CN2CCCC2)cc1)C1CCN(S(=O)(=O)Cc2ccc(Br)cc2)CC1. The monoisotopic (exact) mass is 533 g/mol. The fraction of sp³-hybridized carbons (Fsp3) is 0.480. The van der Waals surface area contributed by atoms with Crippen molar-refractivity contribution in [2.24, 2.45) is 5.92 Å². The van der Waals surface area contributed by atoms with Crippen molar-refractivity contribution in [1.29, 1.82) is 0 Å². The van der Waals surface area contributed by atoms with Crippen molar-refractivity contribution in [3.05, 3.63) is 69.7 Å². The Kier molecular flexibility index (Phi) is 8.22. The van der Waals surface area contributed by atoms with Gasteiger partial charge < -0.3 is 5.32 Å². The molecule has 1 amide bonds. The van der Waals surface area contributed by atoms with Crippen LogP contribution >= 0.6 is 15.9 Å². The summed E-state index contributed by atoms with van der Waals surface area (Å²) in [6.07, 6.45) is 3.70. The molecular weight excluding hydrogens is 502 g/mol. The lowest BCUT2D eigenvalue weighted by Gasteiger charge is -2.30. The molecule has 178 valence electrons. The van der Waals surface area contributed by atoms with Crippen LogP contribution in [-0.2, 0) is 33.7 Å². The van der Waals surface area contributed by atoms with E-state index in [2.05, 4.69) is 50.4 Å². The molecule has 2 aliphatic rings. The molecule has 2 saturated heterocycles. The van der Waals surface area contributed by atoms with Gasteiger partial charge in [0.25, 0.3) is 0 Å². The van der Waals surface area contributed by atoms with Gasteiger partial charge in [0.05, 0.1) is 5.75 Å². The molecule has 0 atom stereocenters. The number of piperidine rings is 1. The van der Waals surface area contributed by atoms with E-state index in [-0.39, 0.29) is 17.6 Å². The predicted molar refractivity (Wildman–Crippen MR) is 134 cm³/mol. The second kappa shape index (κ2) is 11.1. The standard InChI is InChI=1S/C25H32BrN3O3S/c26-24-9-7-22(8-10-24)19-33(31,32)29-15-11-23(12-16-29)25(30)27-17-20-3-5-21(6-4-20)18-28-13-1-2-14-28/h3-10,23H,1-2,11-19H2,(H,27,30). The Morgan fingerprint density at radius 2 is 1.45 bits per heavy atom. The minimum atomic E-state index is -3.38. The molecule has 2 aromatic carbocycles. The summed E-state index contributed by atoms with van der Waals surface area (Å²) in [7, 11) is -3.38. The summed E-state index contributed by atoms with van der Waals surface area (Å²) in [5.74, 6) is -0.134. The number of carbonyl (C=O) groups is 1. The van der Waals surface area contributed by atoms with E-state index in [1.54, 1.807) is 0 Å². The van der Waals surface area contributed by atoms with Crippen LogP contribution in [0.2, 0.25) is 0 Å². The number of benzene rings is 2. The fourth-order valence-electron chi connectivity index (χ4n) is 4.57. The van der Waals surface area contributed by atoms with Crippen LogP contribution in [0.4, 0.5) is 0 Å². The van der Waals surface area contributed by atoms with Gasteiger partial charge in [-0.25, -0.2) is 12.7 Å². The minimum Gasteiger partial charge on any atom is -0.352 e. The van der Waals surface area contributed by atoms with Gasteiger partial charge in [-0.15, -0.1) is 0 Å². The van der Waals surface area contributed by atoms with E-state index in [1.807, 2.05) is 24.3 Å². The lowest BCUT2D eigenvalue weighted by atomic mass is 9.97. The molecule has 2 fully saturated rings. The van der Waals surface area contributed by atoms with Gasteiger partial charge in [-0.1, -0.05) is 52.3 Å². The van der Waals surface area contributed by atoms with E-state index in [4.69, 9.17) is 0 Å². The number of nitrogens with one attached hydrogen (secondary N) is 1. The summed E-state index contributed by atoms with van der Waals surface area (Å²) in [4.78, 5) is 15.1. The number of sulfonamides is 1. The van der Waals surface area contributed by atoms with Gasteiger partial charge in [0.2, 0.25) is 15.9 Å². The maximum absolute atomic E-state index is 12.8. The second-order valence-electron chi connectivity index (χ2n) is 9.07. The third kappa shape index (κ3) is 6.88. The average Bonchev–Trinajstić information content (AvgIpc) is 3.33. The molecule has 2 aromatic rings. The number of halogens is 1. The van der Waals surface area contributed by atoms with Gasteiger partial charge in [0, 0.05) is 36.6 Å². The Morgan fingerprint density at radius 1 is 0.879 bits per heavy atom. The number of hydrogen-bond donors (Lipinski definition) is 1. The molecule has 2 aliphatic heterocycles. The topological polar surface area (TPSA) is 69.7 Å². The lowest BCUT2D eigenvalue weighted by molar-refractivity contribution is -0.126. The highest BCUT2D eigenvalue weighted by molar-refractivity contribution is 9.10. The molecule has 33 heavy (non-hydrogen) atoms. The van der Waals surface area contributed by atoms with Crippen LogP contribution < -0.4 is 5.32 Å². The molecule has 6 nitrogen and oxygen atoms in total. The molecule has 0 saturated carbocycles. The Bertz CT molecular complexity index is 1030. The summed E-state index contributed by atoms with van der Waals surface area (Å²) >= 11 is 3.37. The highest BCUT2D eigenvalue weighted by Gasteiger charge is 2.31. The summed E-state index contributed by atoms with van der Waals surface area (Å²) in [5.41, 5.74) is 3.16. The predicted octanol–water partition coefficient (Wildman–Crippen LogP) is 3.90. The van der Waals surface area contributed by atoms with Crippen LogP contribution in [0.3, 0.4) is 0 Å². The van der Waals surface area contributed by atoms with Crippen LogP contribution in [0, 0.1) is 5.92 Å². The largest absolute Gasteiger partial charge is 0.352 e. The van der Waals surface area contributed by atoms with Gasteiger partial charge in [-0.2, -0.15) is 0 Å². The first-order chi connectivity index (χ1) is 15.9. The molecule has 0 bridgehead atoms. The second-order valence-corrected chi connectivity index (χ2v) is 12.0. The van der Waals surface area contributed by atoms with Crippen molar-refractivity contribution in [2.75, 3.05) is 26.2 Å². The van der Waals surface area contributed by atoms with Gasteiger partial charge in [-0.05, 0) is 67.6 Å². The summed E-state index contributed by atoms with van der Waals surface area (Å²) in [6, 6.07) is 15.8. The summed E-state index contributed by atoms with van der Waals surface area (Å²) in [6.45, 7) is 4.65. The quantitative estimate of drug-likeness (QED) is 0.558. The molecule has 0 aliphatic carbocycles. The van der Waals surface area contributed by atoms with Crippen molar-refractivity contribution in [2.45, 2.75) is 44.5 Å². The van der Waals surface area contributed by atoms with Gasteiger partial charge in [0.1, 0.15) is 0 Å². The van der Waals surface area contributed by atoms with Crippen molar-refractivity contribution < 1.29 is 13.2 Å². The zero-order chi connectivity index (χ0) is 23.3. The first kappa shape index (κ1) is 24.4. The fourth-order valence-corrected chi connectivity index (χ4v) is 6.40. The van der Waals surface area contributed by atoms with Gasteiger partial charge >= 0.3 is 0 Å². The number of rotatable bonds is 8. The Labute approximate surface area is 205 Å². The third-order valence-corrected chi connectivity index (χ3v) is 8.95. The molecule has 0 spiro atoms. The normalized spacial score (nSPS) is 18.5. The smallest absolute Gasteiger partial charge is 0.223 e. The molecule has 2 heterocycles. The third-order valence-electron chi connectivity index (χ3n) is 6.58. The number of likely N-dealkylation sites (tertiary alicyclic amines) is 1. The Hall–Kier alpha value is -1.74. The van der Waals surface area contributed by atoms with Crippen molar-refractivity contribution in [3.8, 4) is 0 Å². The number of carbonyl (C=O) groups excluding carboxylic acids is 1. The molecular formula is C25H32BrN3O3S. The van der Waals surface area contributed by atoms with Crippen molar-refractivity contribution >= 4 is 31.9 Å². The van der Waals surface area contributed by atoms with Crippen LogP contribution in [0.15, 0.2) is 53.0 Å². The molecule has 0 aromatic heterocycles. The summed E-state index contributed by atoms with van der Waals surface area (Å²) < 4.78 is 28.0. The van der Waals surface area contributed by atoms with Crippen LogP contribution in [0.25, 0.3) is 0 Å². The van der Waals surface area contributed by atoms with Crippen molar-refractivity contribution in [3.63, 3.8) is 0 Å². The van der Waals surface area contributed by atoms with E-state index >= 15 is 0 Å². The van der Waals surface area contributed by atoms with E-state index < -0.39 is 10.0 Å². The maximum atomic E-state index is 12.8. The Morgan fingerprint density at radius 3 is 2.09 bits per heavy atom. The van der Waals surface area contributed by atoms with Crippen LogP contribution in [0.5, 0.6) is 0 Å². The first-order valence-electron chi connectivity index (χ1n) is 11.7. The number of hydrogen-bond acceptors (Lipinski definition) is 4. The van der Waals surface area contributed by atoms with Crippen LogP contribution in [-0.4, -0.2) is 49.7 Å². The first-order valence-corrected chi connectivity index (χ1v) is 14.1. The lowest BCUT2D eigenvalue weighted by Crippen LogP contribution is -2.43. The van der Waals surface area contributed by atoms with Crippen molar-refractivity contribution in [1.82, 2.24) is 14.5 Å². The van der Waals surface area contributed by atoms with E-state index in [9.17, 15) is 13.2 Å². The zero-order valence-electron chi connectivity index (χ0n) is 18.9. The van der Waals surface area contributed by atoms with Gasteiger partial charge in [0.15, 0.2) is 0 Å². The van der Waals surface area contributed by atoms with E-state index in [0.717, 1.165) is 22.1 Å². The summed E-state index contributed by atoms with van der Waals surface area (Å²) in [5, 5.41) is 3.04. The number of amides is 1. The number of nitrogens with zero attached hydrogens (tertiary/aromatic N) is 2.